The highest BCUT2D eigenvalue weighted by atomic mass is 14.9. The second kappa shape index (κ2) is 3.91. The number of benzene rings is 1. The zero-order valence-electron chi connectivity index (χ0n) is 8.66. The Morgan fingerprint density at radius 2 is 1.93 bits per heavy atom. The van der Waals surface area contributed by atoms with Crippen LogP contribution in [0.15, 0.2) is 24.3 Å². The molecule has 2 rings (SSSR count). The van der Waals surface area contributed by atoms with E-state index in [0.29, 0.717) is 6.04 Å². The third kappa shape index (κ3) is 2.00. The summed E-state index contributed by atoms with van der Waals surface area (Å²) in [6, 6.07) is 8.56. The van der Waals surface area contributed by atoms with Crippen LogP contribution in [0.2, 0.25) is 0 Å². The van der Waals surface area contributed by atoms with Crippen molar-refractivity contribution in [2.75, 3.05) is 11.1 Å². The monoisotopic (exact) mass is 190 g/mol. The number of nitrogen functional groups attached to an aromatic ring is 1. The minimum atomic E-state index is 0.590. The maximum absolute atomic E-state index is 5.63. The van der Waals surface area contributed by atoms with E-state index in [2.05, 4.69) is 12.2 Å². The molecule has 14 heavy (non-hydrogen) atoms. The lowest BCUT2D eigenvalue weighted by molar-refractivity contribution is 0.285. The van der Waals surface area contributed by atoms with E-state index in [9.17, 15) is 0 Å². The normalized spacial score (nSPS) is 18.6. The Morgan fingerprint density at radius 3 is 2.43 bits per heavy atom. The van der Waals surface area contributed by atoms with Gasteiger partial charge in [0.25, 0.3) is 0 Å². The Hall–Kier alpha value is -1.18. The minimum absolute atomic E-state index is 0.590. The number of hydrogen-bond acceptors (Lipinski definition) is 2. The van der Waals surface area contributed by atoms with E-state index < -0.39 is 0 Å². The molecular weight excluding hydrogens is 172 g/mol. The van der Waals surface area contributed by atoms with Gasteiger partial charge in [-0.05, 0) is 49.9 Å². The van der Waals surface area contributed by atoms with Crippen molar-refractivity contribution in [1.82, 2.24) is 0 Å². The van der Waals surface area contributed by atoms with Crippen LogP contribution < -0.4 is 11.1 Å². The lowest BCUT2D eigenvalue weighted by Crippen LogP contribution is -2.30. The summed E-state index contributed by atoms with van der Waals surface area (Å²) in [6.45, 7) is 2.26. The predicted molar refractivity (Wildman–Crippen MR) is 61.3 cm³/mol. The average molecular weight is 190 g/mol. The van der Waals surface area contributed by atoms with Gasteiger partial charge in [-0.15, -0.1) is 0 Å². The molecule has 1 saturated carbocycles. The van der Waals surface area contributed by atoms with Crippen LogP contribution in [0.5, 0.6) is 0 Å². The number of hydrogen-bond donors (Lipinski definition) is 2. The molecule has 0 saturated heterocycles. The summed E-state index contributed by atoms with van der Waals surface area (Å²) in [7, 11) is 0. The molecule has 1 aliphatic carbocycles. The average Bonchev–Trinajstić information content (AvgIpc) is 2.06. The fourth-order valence-corrected chi connectivity index (χ4v) is 1.90. The highest BCUT2D eigenvalue weighted by molar-refractivity contribution is 5.51. The van der Waals surface area contributed by atoms with Gasteiger partial charge < -0.3 is 11.1 Å². The highest BCUT2D eigenvalue weighted by Gasteiger charge is 2.23. The van der Waals surface area contributed by atoms with E-state index in [4.69, 9.17) is 5.73 Å². The smallest absolute Gasteiger partial charge is 0.0343 e. The molecular formula is C12H18N2. The number of rotatable bonds is 3. The van der Waals surface area contributed by atoms with Gasteiger partial charge in [-0.3, -0.25) is 0 Å². The van der Waals surface area contributed by atoms with Crippen molar-refractivity contribution >= 4 is 11.4 Å². The van der Waals surface area contributed by atoms with E-state index in [1.807, 2.05) is 24.3 Å². The van der Waals surface area contributed by atoms with Crippen LogP contribution in [0.1, 0.15) is 26.2 Å². The Labute approximate surface area is 85.5 Å². The summed E-state index contributed by atoms with van der Waals surface area (Å²) in [5.74, 6) is 0.868. The van der Waals surface area contributed by atoms with Crippen LogP contribution in [0, 0.1) is 5.92 Å². The van der Waals surface area contributed by atoms with Gasteiger partial charge in [0.05, 0.1) is 0 Å². The molecule has 2 heteroatoms. The van der Waals surface area contributed by atoms with Crippen LogP contribution in [0.25, 0.3) is 0 Å². The largest absolute Gasteiger partial charge is 0.399 e. The molecule has 0 spiro atoms. The summed E-state index contributed by atoms with van der Waals surface area (Å²) in [6.07, 6.45) is 4.16. The zero-order chi connectivity index (χ0) is 9.97. The molecule has 76 valence electrons. The Kier molecular flexibility index (Phi) is 2.62. The van der Waals surface area contributed by atoms with Crippen LogP contribution in [-0.2, 0) is 0 Å². The predicted octanol–water partition coefficient (Wildman–Crippen LogP) is 2.87. The van der Waals surface area contributed by atoms with Crippen molar-refractivity contribution in [3.63, 3.8) is 0 Å². The molecule has 1 aromatic carbocycles. The Morgan fingerprint density at radius 1 is 1.29 bits per heavy atom. The molecule has 0 aliphatic heterocycles. The van der Waals surface area contributed by atoms with Gasteiger partial charge in [0.15, 0.2) is 0 Å². The lowest BCUT2D eigenvalue weighted by atomic mass is 9.80. The summed E-state index contributed by atoms with van der Waals surface area (Å²) in [4.78, 5) is 0. The molecule has 0 aromatic heterocycles. The first-order valence-electron chi connectivity index (χ1n) is 5.38. The van der Waals surface area contributed by atoms with Crippen LogP contribution in [0.3, 0.4) is 0 Å². The maximum atomic E-state index is 5.63. The fourth-order valence-electron chi connectivity index (χ4n) is 1.90. The van der Waals surface area contributed by atoms with Crippen molar-refractivity contribution in [2.24, 2.45) is 5.92 Å². The number of anilines is 2. The molecule has 0 bridgehead atoms. The molecule has 2 nitrogen and oxygen atoms in total. The molecule has 0 radical (unpaired) electrons. The topological polar surface area (TPSA) is 38.0 Å². The second-order valence-corrected chi connectivity index (χ2v) is 4.25. The summed E-state index contributed by atoms with van der Waals surface area (Å²) in [5.41, 5.74) is 7.63. The van der Waals surface area contributed by atoms with Crippen LogP contribution >= 0.6 is 0 Å². The summed E-state index contributed by atoms with van der Waals surface area (Å²) in [5, 5.41) is 3.52. The molecule has 1 aromatic rings. The fraction of sp³-hybridized carbons (Fsp3) is 0.500. The maximum Gasteiger partial charge on any atom is 0.0343 e. The second-order valence-electron chi connectivity index (χ2n) is 4.25. The standard InChI is InChI=1S/C12H18N2/c1-9(10-3-2-4-10)14-12-7-5-11(13)6-8-12/h5-10,14H,2-4,13H2,1H3. The molecule has 0 heterocycles. The van der Waals surface area contributed by atoms with Gasteiger partial charge in [0, 0.05) is 17.4 Å². The van der Waals surface area contributed by atoms with E-state index in [0.717, 1.165) is 11.6 Å². The van der Waals surface area contributed by atoms with Gasteiger partial charge in [0.2, 0.25) is 0 Å². The Balaban J connectivity index is 1.92. The van der Waals surface area contributed by atoms with Gasteiger partial charge in [-0.1, -0.05) is 6.42 Å². The van der Waals surface area contributed by atoms with Crippen LogP contribution in [-0.4, -0.2) is 6.04 Å². The van der Waals surface area contributed by atoms with Crippen molar-refractivity contribution in [2.45, 2.75) is 32.2 Å². The van der Waals surface area contributed by atoms with E-state index in [-0.39, 0.29) is 0 Å². The molecule has 3 N–H and O–H groups in total. The van der Waals surface area contributed by atoms with Gasteiger partial charge in [-0.25, -0.2) is 0 Å². The first-order valence-corrected chi connectivity index (χ1v) is 5.38. The van der Waals surface area contributed by atoms with E-state index >= 15 is 0 Å². The first kappa shape index (κ1) is 9.38. The lowest BCUT2D eigenvalue weighted by Gasteiger charge is -2.32. The molecule has 1 aliphatic rings. The quantitative estimate of drug-likeness (QED) is 0.719. The number of nitrogens with two attached hydrogens (primary N) is 1. The highest BCUT2D eigenvalue weighted by Crippen LogP contribution is 2.31. The Bertz CT molecular complexity index is 288. The van der Waals surface area contributed by atoms with Gasteiger partial charge >= 0.3 is 0 Å². The third-order valence-electron chi connectivity index (χ3n) is 3.16. The van der Waals surface area contributed by atoms with Crippen molar-refractivity contribution < 1.29 is 0 Å². The SMILES string of the molecule is CC(Nc1ccc(N)cc1)C1CCC1. The summed E-state index contributed by atoms with van der Waals surface area (Å²) >= 11 is 0. The van der Waals surface area contributed by atoms with Crippen molar-refractivity contribution in [3.8, 4) is 0 Å². The molecule has 1 atom stereocenters. The molecule has 1 unspecified atom stereocenters. The van der Waals surface area contributed by atoms with E-state index in [1.54, 1.807) is 0 Å². The zero-order valence-corrected chi connectivity index (χ0v) is 8.66. The van der Waals surface area contributed by atoms with Crippen molar-refractivity contribution in [1.29, 1.82) is 0 Å². The van der Waals surface area contributed by atoms with Gasteiger partial charge in [0.1, 0.15) is 0 Å². The molecule has 0 amide bonds. The summed E-state index contributed by atoms with van der Waals surface area (Å²) < 4.78 is 0. The van der Waals surface area contributed by atoms with E-state index in [1.165, 1.54) is 24.9 Å². The molecule has 1 fully saturated rings. The number of nitrogens with one attached hydrogen (secondary N) is 1. The van der Waals surface area contributed by atoms with Crippen LogP contribution in [0.4, 0.5) is 11.4 Å². The van der Waals surface area contributed by atoms with Gasteiger partial charge in [-0.2, -0.15) is 0 Å². The third-order valence-corrected chi connectivity index (χ3v) is 3.16. The first-order chi connectivity index (χ1) is 6.75. The minimum Gasteiger partial charge on any atom is -0.399 e. The van der Waals surface area contributed by atoms with Crippen molar-refractivity contribution in [3.05, 3.63) is 24.3 Å².